The van der Waals surface area contributed by atoms with E-state index in [4.69, 9.17) is 5.41 Å². The van der Waals surface area contributed by atoms with Crippen molar-refractivity contribution in [1.82, 2.24) is 10.2 Å². The first-order valence-corrected chi connectivity index (χ1v) is 8.83. The van der Waals surface area contributed by atoms with Gasteiger partial charge < -0.3 is 5.32 Å². The van der Waals surface area contributed by atoms with Crippen LogP contribution in [0.25, 0.3) is 0 Å². The zero-order chi connectivity index (χ0) is 17.2. The molecule has 2 aliphatic rings. The number of amides is 2. The standard InChI is InChI=1S/C19H26FN3O/c1-22-18(24)23(13-14-6-8-19(9-7-14)10-11-19)17(21)12-15-4-2-3-5-16(15)20/h2-5,14,21H,6-13H2,1H3,(H,22,24). The maximum atomic E-state index is 13.8. The van der Waals surface area contributed by atoms with Gasteiger partial charge in [0, 0.05) is 20.0 Å². The Morgan fingerprint density at radius 3 is 2.54 bits per heavy atom. The van der Waals surface area contributed by atoms with Gasteiger partial charge in [-0.05, 0) is 61.5 Å². The second-order valence-corrected chi connectivity index (χ2v) is 7.32. The number of carbonyl (C=O) groups excluding carboxylic acids is 1. The van der Waals surface area contributed by atoms with E-state index in [2.05, 4.69) is 5.32 Å². The van der Waals surface area contributed by atoms with Gasteiger partial charge in [-0.2, -0.15) is 0 Å². The summed E-state index contributed by atoms with van der Waals surface area (Å²) in [5.74, 6) is 0.271. The molecule has 0 saturated heterocycles. The van der Waals surface area contributed by atoms with Gasteiger partial charge in [-0.3, -0.25) is 10.3 Å². The molecular formula is C19H26FN3O. The SMILES string of the molecule is CNC(=O)N(CC1CCC2(CC1)CC2)C(=N)Cc1ccccc1F. The van der Waals surface area contributed by atoms with E-state index in [9.17, 15) is 9.18 Å². The molecule has 0 unspecified atom stereocenters. The van der Waals surface area contributed by atoms with Crippen molar-refractivity contribution < 1.29 is 9.18 Å². The molecule has 0 atom stereocenters. The smallest absolute Gasteiger partial charge is 0.322 e. The average molecular weight is 331 g/mol. The van der Waals surface area contributed by atoms with Gasteiger partial charge in [0.25, 0.3) is 0 Å². The Morgan fingerprint density at radius 2 is 1.96 bits per heavy atom. The summed E-state index contributed by atoms with van der Waals surface area (Å²) in [4.78, 5) is 13.7. The number of hydrogen-bond donors (Lipinski definition) is 2. The van der Waals surface area contributed by atoms with Crippen LogP contribution in [0.5, 0.6) is 0 Å². The Hall–Kier alpha value is -1.91. The van der Waals surface area contributed by atoms with Gasteiger partial charge in [0.1, 0.15) is 11.7 Å². The third-order valence-electron chi connectivity index (χ3n) is 5.66. The molecule has 3 rings (SSSR count). The van der Waals surface area contributed by atoms with Crippen molar-refractivity contribution in [3.8, 4) is 0 Å². The van der Waals surface area contributed by atoms with E-state index in [1.54, 1.807) is 25.2 Å². The van der Waals surface area contributed by atoms with Crippen LogP contribution in [0.1, 0.15) is 44.1 Å². The van der Waals surface area contributed by atoms with E-state index in [1.165, 1.54) is 36.6 Å². The van der Waals surface area contributed by atoms with Gasteiger partial charge in [-0.1, -0.05) is 18.2 Å². The molecule has 2 N–H and O–H groups in total. The second-order valence-electron chi connectivity index (χ2n) is 7.32. The Kier molecular flexibility index (Phi) is 4.88. The fraction of sp³-hybridized carbons (Fsp3) is 0.579. The number of hydrogen-bond acceptors (Lipinski definition) is 2. The highest BCUT2D eigenvalue weighted by Crippen LogP contribution is 2.57. The lowest BCUT2D eigenvalue weighted by Crippen LogP contribution is -2.46. The molecule has 1 aromatic rings. The molecule has 0 bridgehead atoms. The molecule has 2 saturated carbocycles. The van der Waals surface area contributed by atoms with E-state index < -0.39 is 0 Å². The Labute approximate surface area is 142 Å². The van der Waals surface area contributed by atoms with Crippen LogP contribution in [0.2, 0.25) is 0 Å². The first-order chi connectivity index (χ1) is 11.5. The molecule has 0 radical (unpaired) electrons. The predicted molar refractivity (Wildman–Crippen MR) is 92.6 cm³/mol. The molecule has 0 aliphatic heterocycles. The quantitative estimate of drug-likeness (QED) is 0.637. The van der Waals surface area contributed by atoms with Crippen molar-refractivity contribution in [2.75, 3.05) is 13.6 Å². The predicted octanol–water partition coefficient (Wildman–Crippen LogP) is 3.96. The topological polar surface area (TPSA) is 56.2 Å². The maximum Gasteiger partial charge on any atom is 0.322 e. The summed E-state index contributed by atoms with van der Waals surface area (Å²) >= 11 is 0. The third kappa shape index (κ3) is 3.77. The van der Waals surface area contributed by atoms with Crippen LogP contribution in [0.4, 0.5) is 9.18 Å². The van der Waals surface area contributed by atoms with Gasteiger partial charge in [-0.25, -0.2) is 9.18 Å². The number of rotatable bonds is 4. The lowest BCUT2D eigenvalue weighted by atomic mass is 9.79. The minimum absolute atomic E-state index is 0.136. The molecule has 1 spiro atoms. The Bertz CT molecular complexity index is 617. The van der Waals surface area contributed by atoms with Crippen molar-refractivity contribution in [3.63, 3.8) is 0 Å². The summed E-state index contributed by atoms with van der Waals surface area (Å²) in [5.41, 5.74) is 1.08. The van der Waals surface area contributed by atoms with Crippen LogP contribution in [0.3, 0.4) is 0 Å². The van der Waals surface area contributed by atoms with Crippen LogP contribution < -0.4 is 5.32 Å². The summed E-state index contributed by atoms with van der Waals surface area (Å²) < 4.78 is 13.8. The van der Waals surface area contributed by atoms with Gasteiger partial charge in [-0.15, -0.1) is 0 Å². The highest BCUT2D eigenvalue weighted by molar-refractivity contribution is 5.96. The largest absolute Gasteiger partial charge is 0.341 e. The van der Waals surface area contributed by atoms with E-state index >= 15 is 0 Å². The number of benzene rings is 1. The zero-order valence-corrected chi connectivity index (χ0v) is 14.3. The monoisotopic (exact) mass is 331 g/mol. The van der Waals surface area contributed by atoms with Crippen molar-refractivity contribution in [3.05, 3.63) is 35.6 Å². The average Bonchev–Trinajstić information content (AvgIpc) is 3.35. The number of nitrogens with zero attached hydrogens (tertiary/aromatic N) is 1. The summed E-state index contributed by atoms with van der Waals surface area (Å²) in [5, 5.41) is 10.9. The van der Waals surface area contributed by atoms with Crippen LogP contribution in [-0.2, 0) is 6.42 Å². The Balaban J connectivity index is 1.63. The number of amidine groups is 1. The van der Waals surface area contributed by atoms with Crippen molar-refractivity contribution in [2.24, 2.45) is 11.3 Å². The number of urea groups is 1. The maximum absolute atomic E-state index is 13.8. The lowest BCUT2D eigenvalue weighted by Gasteiger charge is -2.33. The first kappa shape index (κ1) is 16.9. The molecule has 2 aliphatic carbocycles. The lowest BCUT2D eigenvalue weighted by molar-refractivity contribution is 0.196. The molecule has 130 valence electrons. The number of halogens is 1. The van der Waals surface area contributed by atoms with Crippen LogP contribution in [-0.4, -0.2) is 30.4 Å². The molecule has 0 aromatic heterocycles. The third-order valence-corrected chi connectivity index (χ3v) is 5.66. The van der Waals surface area contributed by atoms with Crippen molar-refractivity contribution >= 4 is 11.9 Å². The molecule has 2 amide bonds. The normalized spacial score (nSPS) is 19.1. The molecule has 1 aromatic carbocycles. The van der Waals surface area contributed by atoms with E-state index in [0.717, 1.165) is 12.8 Å². The highest BCUT2D eigenvalue weighted by atomic mass is 19.1. The van der Waals surface area contributed by atoms with Crippen molar-refractivity contribution in [2.45, 2.75) is 44.9 Å². The van der Waals surface area contributed by atoms with Crippen LogP contribution >= 0.6 is 0 Å². The fourth-order valence-electron chi connectivity index (χ4n) is 3.78. The van der Waals surface area contributed by atoms with E-state index in [0.29, 0.717) is 23.4 Å². The van der Waals surface area contributed by atoms with Crippen LogP contribution in [0, 0.1) is 22.6 Å². The summed E-state index contributed by atoms with van der Waals surface area (Å²) in [6.45, 7) is 0.559. The summed E-state index contributed by atoms with van der Waals surface area (Å²) in [7, 11) is 1.58. The Morgan fingerprint density at radius 1 is 1.29 bits per heavy atom. The van der Waals surface area contributed by atoms with Gasteiger partial charge in [0.15, 0.2) is 0 Å². The van der Waals surface area contributed by atoms with E-state index in [1.807, 2.05) is 0 Å². The van der Waals surface area contributed by atoms with Gasteiger partial charge >= 0.3 is 6.03 Å². The first-order valence-electron chi connectivity index (χ1n) is 8.83. The number of nitrogens with one attached hydrogen (secondary N) is 2. The van der Waals surface area contributed by atoms with Gasteiger partial charge in [0.2, 0.25) is 0 Å². The molecule has 2 fully saturated rings. The zero-order valence-electron chi connectivity index (χ0n) is 14.3. The van der Waals surface area contributed by atoms with Gasteiger partial charge in [0.05, 0.1) is 0 Å². The molecule has 4 nitrogen and oxygen atoms in total. The molecule has 0 heterocycles. The summed E-state index contributed by atoms with van der Waals surface area (Å²) in [6, 6.07) is 6.18. The molecular weight excluding hydrogens is 305 g/mol. The second kappa shape index (κ2) is 6.91. The molecule has 5 heteroatoms. The fourth-order valence-corrected chi connectivity index (χ4v) is 3.78. The van der Waals surface area contributed by atoms with Crippen molar-refractivity contribution in [1.29, 1.82) is 5.41 Å². The minimum atomic E-state index is -0.326. The highest BCUT2D eigenvalue weighted by Gasteiger charge is 2.45. The van der Waals surface area contributed by atoms with E-state index in [-0.39, 0.29) is 24.1 Å². The number of carbonyl (C=O) groups is 1. The minimum Gasteiger partial charge on any atom is -0.341 e. The summed E-state index contributed by atoms with van der Waals surface area (Å²) in [6.07, 6.45) is 7.61. The molecule has 24 heavy (non-hydrogen) atoms. The van der Waals surface area contributed by atoms with Crippen LogP contribution in [0.15, 0.2) is 24.3 Å².